The number of nitrogens with one attached hydrogen (secondary N) is 4. The molecule has 13 heteroatoms. The van der Waals surface area contributed by atoms with Gasteiger partial charge in [-0.1, -0.05) is 30.3 Å². The van der Waals surface area contributed by atoms with Crippen molar-refractivity contribution in [1.29, 1.82) is 0 Å². The number of carboxylic acid groups (broad SMARTS) is 1. The molecule has 1 aromatic heterocycles. The Balaban J connectivity index is 2.25. The van der Waals surface area contributed by atoms with E-state index in [2.05, 4.69) is 25.9 Å². The maximum atomic E-state index is 13.2. The zero-order chi connectivity index (χ0) is 26.0. The molecule has 0 fully saturated rings. The van der Waals surface area contributed by atoms with E-state index in [1.54, 1.807) is 30.3 Å². The summed E-state index contributed by atoms with van der Waals surface area (Å²) in [5.74, 6) is -3.82. The number of aliphatic carboxylic acids is 1. The summed E-state index contributed by atoms with van der Waals surface area (Å²) in [6, 6.07) is 3.48. The lowest BCUT2D eigenvalue weighted by Gasteiger charge is -2.25. The highest BCUT2D eigenvalue weighted by molar-refractivity contribution is 5.94. The van der Waals surface area contributed by atoms with Crippen LogP contribution in [0.15, 0.2) is 42.9 Å². The number of aliphatic hydroxyl groups is 2. The van der Waals surface area contributed by atoms with Gasteiger partial charge in [0.2, 0.25) is 17.7 Å². The average Bonchev–Trinajstić information content (AvgIpc) is 3.34. The van der Waals surface area contributed by atoms with E-state index in [1.807, 2.05) is 0 Å². The highest BCUT2D eigenvalue weighted by Gasteiger charge is 2.31. The van der Waals surface area contributed by atoms with Gasteiger partial charge in [-0.3, -0.25) is 14.4 Å². The van der Waals surface area contributed by atoms with Crippen LogP contribution in [0, 0.1) is 0 Å². The first-order valence-electron chi connectivity index (χ1n) is 10.8. The Bertz CT molecular complexity index is 983. The first-order valence-corrected chi connectivity index (χ1v) is 10.8. The van der Waals surface area contributed by atoms with Crippen LogP contribution < -0.4 is 21.7 Å². The largest absolute Gasteiger partial charge is 0.480 e. The molecule has 0 aliphatic rings. The SMILES string of the molecule is CC(O)C(N)C(=O)NC(Cc1ccccc1)C(=O)NC(Cc1cnc[nH]1)C(=O)NC(CO)C(=O)O. The van der Waals surface area contributed by atoms with Gasteiger partial charge in [0.05, 0.1) is 19.0 Å². The molecule has 0 bridgehead atoms. The van der Waals surface area contributed by atoms with Crippen LogP contribution in [0.5, 0.6) is 0 Å². The average molecular weight is 491 g/mol. The number of rotatable bonds is 13. The number of hydrogen-bond donors (Lipinski definition) is 8. The molecule has 1 aromatic carbocycles. The van der Waals surface area contributed by atoms with Crippen molar-refractivity contribution in [3.05, 3.63) is 54.1 Å². The maximum Gasteiger partial charge on any atom is 0.328 e. The molecular weight excluding hydrogens is 460 g/mol. The Hall–Kier alpha value is -3.81. The second kappa shape index (κ2) is 13.2. The molecule has 0 aliphatic carbocycles. The molecule has 13 nitrogen and oxygen atoms in total. The third-order valence-corrected chi connectivity index (χ3v) is 5.15. The van der Waals surface area contributed by atoms with Gasteiger partial charge >= 0.3 is 5.97 Å². The van der Waals surface area contributed by atoms with Crippen molar-refractivity contribution in [3.8, 4) is 0 Å². The van der Waals surface area contributed by atoms with Crippen LogP contribution >= 0.6 is 0 Å². The molecule has 0 saturated heterocycles. The molecule has 5 atom stereocenters. The molecule has 0 spiro atoms. The van der Waals surface area contributed by atoms with Crippen LogP contribution in [0.1, 0.15) is 18.2 Å². The van der Waals surface area contributed by atoms with Gasteiger partial charge in [-0.15, -0.1) is 0 Å². The first-order chi connectivity index (χ1) is 16.6. The molecule has 3 amide bonds. The number of H-pyrrole nitrogens is 1. The third-order valence-electron chi connectivity index (χ3n) is 5.15. The summed E-state index contributed by atoms with van der Waals surface area (Å²) in [6.07, 6.45) is 1.61. The van der Waals surface area contributed by atoms with Crippen molar-refractivity contribution in [2.45, 2.75) is 50.0 Å². The lowest BCUT2D eigenvalue weighted by Crippen LogP contribution is -2.59. The number of benzene rings is 1. The molecule has 0 aliphatic heterocycles. The monoisotopic (exact) mass is 490 g/mol. The van der Waals surface area contributed by atoms with E-state index in [1.165, 1.54) is 19.4 Å². The highest BCUT2D eigenvalue weighted by Crippen LogP contribution is 2.07. The second-order valence-corrected chi connectivity index (χ2v) is 7.94. The Kier molecular flexibility index (Phi) is 10.3. The summed E-state index contributed by atoms with van der Waals surface area (Å²) < 4.78 is 0. The van der Waals surface area contributed by atoms with Crippen LogP contribution in [0.4, 0.5) is 0 Å². The summed E-state index contributed by atoms with van der Waals surface area (Å²) >= 11 is 0. The quantitative estimate of drug-likeness (QED) is 0.148. The number of imidazole rings is 1. The molecule has 2 rings (SSSR count). The summed E-state index contributed by atoms with van der Waals surface area (Å²) in [6.45, 7) is 0.483. The van der Waals surface area contributed by atoms with E-state index in [-0.39, 0.29) is 12.8 Å². The van der Waals surface area contributed by atoms with Crippen molar-refractivity contribution in [2.24, 2.45) is 5.73 Å². The zero-order valence-electron chi connectivity index (χ0n) is 19.0. The number of hydrogen-bond acceptors (Lipinski definition) is 8. The summed E-state index contributed by atoms with van der Waals surface area (Å²) in [7, 11) is 0. The van der Waals surface area contributed by atoms with Gasteiger partial charge in [0.15, 0.2) is 0 Å². The normalized spacial score (nSPS) is 15.2. The fourth-order valence-electron chi connectivity index (χ4n) is 3.10. The highest BCUT2D eigenvalue weighted by atomic mass is 16.4. The number of amides is 3. The van der Waals surface area contributed by atoms with Crippen LogP contribution in [0.2, 0.25) is 0 Å². The minimum absolute atomic E-state index is 0.0533. The summed E-state index contributed by atoms with van der Waals surface area (Å²) in [5, 5.41) is 35.2. The number of carboxylic acids is 1. The summed E-state index contributed by atoms with van der Waals surface area (Å²) in [4.78, 5) is 56.3. The van der Waals surface area contributed by atoms with Crippen LogP contribution in [-0.4, -0.2) is 85.9 Å². The minimum Gasteiger partial charge on any atom is -0.480 e. The van der Waals surface area contributed by atoms with Gasteiger partial charge in [0.25, 0.3) is 0 Å². The third kappa shape index (κ3) is 8.48. The van der Waals surface area contributed by atoms with Gasteiger partial charge in [-0.2, -0.15) is 0 Å². The maximum absolute atomic E-state index is 13.2. The number of carbonyl (C=O) groups excluding carboxylic acids is 3. The van der Waals surface area contributed by atoms with E-state index in [0.717, 1.165) is 0 Å². The molecule has 190 valence electrons. The van der Waals surface area contributed by atoms with E-state index >= 15 is 0 Å². The summed E-state index contributed by atoms with van der Waals surface area (Å²) in [5.41, 5.74) is 6.87. The molecule has 9 N–H and O–H groups in total. The zero-order valence-corrected chi connectivity index (χ0v) is 19.0. The lowest BCUT2D eigenvalue weighted by molar-refractivity contribution is -0.143. The van der Waals surface area contributed by atoms with Crippen molar-refractivity contribution in [1.82, 2.24) is 25.9 Å². The Morgan fingerprint density at radius 1 is 0.971 bits per heavy atom. The Labute approximate surface area is 201 Å². The number of nitrogens with two attached hydrogens (primary N) is 1. The molecule has 0 radical (unpaired) electrons. The van der Waals surface area contributed by atoms with Crippen molar-refractivity contribution in [3.63, 3.8) is 0 Å². The van der Waals surface area contributed by atoms with E-state index in [4.69, 9.17) is 10.8 Å². The van der Waals surface area contributed by atoms with Gasteiger partial charge in [0.1, 0.15) is 24.2 Å². The van der Waals surface area contributed by atoms with Gasteiger partial charge in [-0.05, 0) is 12.5 Å². The fraction of sp³-hybridized carbons (Fsp3) is 0.409. The number of carbonyl (C=O) groups is 4. The minimum atomic E-state index is -1.58. The molecule has 5 unspecified atom stereocenters. The predicted molar refractivity (Wildman–Crippen MR) is 123 cm³/mol. The fourth-order valence-corrected chi connectivity index (χ4v) is 3.10. The van der Waals surface area contributed by atoms with Gasteiger partial charge < -0.3 is 42.0 Å². The molecular formula is C22H30N6O7. The Morgan fingerprint density at radius 3 is 2.06 bits per heavy atom. The molecule has 2 aromatic rings. The van der Waals surface area contributed by atoms with Crippen molar-refractivity contribution in [2.75, 3.05) is 6.61 Å². The lowest BCUT2D eigenvalue weighted by atomic mass is 10.0. The van der Waals surface area contributed by atoms with E-state index < -0.39 is 60.6 Å². The number of aromatic amines is 1. The molecule has 0 saturated carbocycles. The smallest absolute Gasteiger partial charge is 0.328 e. The molecule has 35 heavy (non-hydrogen) atoms. The number of aliphatic hydroxyl groups excluding tert-OH is 2. The topological polar surface area (TPSA) is 220 Å². The predicted octanol–water partition coefficient (Wildman–Crippen LogP) is -2.57. The van der Waals surface area contributed by atoms with Crippen LogP contribution in [0.3, 0.4) is 0 Å². The van der Waals surface area contributed by atoms with E-state index in [0.29, 0.717) is 11.3 Å². The van der Waals surface area contributed by atoms with Gasteiger partial charge in [-0.25, -0.2) is 9.78 Å². The van der Waals surface area contributed by atoms with Crippen molar-refractivity contribution >= 4 is 23.7 Å². The van der Waals surface area contributed by atoms with Crippen molar-refractivity contribution < 1.29 is 34.5 Å². The van der Waals surface area contributed by atoms with Crippen LogP contribution in [0.25, 0.3) is 0 Å². The molecule has 1 heterocycles. The van der Waals surface area contributed by atoms with Crippen LogP contribution in [-0.2, 0) is 32.0 Å². The number of aromatic nitrogens is 2. The first kappa shape index (κ1) is 27.4. The number of nitrogens with zero attached hydrogens (tertiary/aromatic N) is 1. The van der Waals surface area contributed by atoms with Gasteiger partial charge in [0, 0.05) is 24.7 Å². The van der Waals surface area contributed by atoms with E-state index in [9.17, 15) is 29.4 Å². The standard InChI is InChI=1S/C22H30N6O7/c1-12(30)18(23)21(33)27-15(7-13-5-3-2-4-6-13)19(31)26-16(8-14-9-24-11-25-14)20(32)28-17(10-29)22(34)35/h2-6,9,11-12,15-18,29-30H,7-8,10,23H2,1H3,(H,24,25)(H,26,31)(H,27,33)(H,28,32)(H,34,35). The second-order valence-electron chi connectivity index (χ2n) is 7.94. The Morgan fingerprint density at radius 2 is 1.54 bits per heavy atom.